The van der Waals surface area contributed by atoms with Crippen molar-refractivity contribution in [3.05, 3.63) is 58.1 Å². The zero-order valence-electron chi connectivity index (χ0n) is 15.1. The van der Waals surface area contributed by atoms with Gasteiger partial charge in [-0.2, -0.15) is 0 Å². The quantitative estimate of drug-likeness (QED) is 0.744. The number of likely N-dealkylation sites (N-methyl/N-ethyl adjacent to an activating group) is 1. The smallest absolute Gasteiger partial charge is 0.238 e. The first-order chi connectivity index (χ1) is 11.9. The molecule has 0 aliphatic rings. The van der Waals surface area contributed by atoms with Crippen molar-refractivity contribution < 1.29 is 4.79 Å². The molecule has 3 aromatic rings. The number of thiazole rings is 1. The monoisotopic (exact) mass is 353 g/mol. The van der Waals surface area contributed by atoms with Crippen LogP contribution in [0.25, 0.3) is 10.2 Å². The molecule has 0 unspecified atom stereocenters. The van der Waals surface area contributed by atoms with E-state index in [0.29, 0.717) is 13.1 Å². The van der Waals surface area contributed by atoms with Gasteiger partial charge in [-0.25, -0.2) is 4.98 Å². The van der Waals surface area contributed by atoms with E-state index in [0.717, 1.165) is 27.3 Å². The number of benzene rings is 2. The highest BCUT2D eigenvalue weighted by molar-refractivity contribution is 7.18. The summed E-state index contributed by atoms with van der Waals surface area (Å²) in [6, 6.07) is 12.3. The lowest BCUT2D eigenvalue weighted by atomic mass is 10.1. The van der Waals surface area contributed by atoms with E-state index < -0.39 is 0 Å². The van der Waals surface area contributed by atoms with E-state index in [2.05, 4.69) is 35.4 Å². The van der Waals surface area contributed by atoms with Crippen molar-refractivity contribution in [1.29, 1.82) is 0 Å². The van der Waals surface area contributed by atoms with Crippen LogP contribution >= 0.6 is 11.3 Å². The average Bonchev–Trinajstić information content (AvgIpc) is 2.92. The molecule has 25 heavy (non-hydrogen) atoms. The molecule has 0 spiro atoms. The highest BCUT2D eigenvalue weighted by Gasteiger charge is 2.12. The molecule has 0 aliphatic carbocycles. The minimum absolute atomic E-state index is 0.00124. The van der Waals surface area contributed by atoms with Crippen LogP contribution in [0.1, 0.15) is 21.7 Å². The number of hydrogen-bond acceptors (Lipinski definition) is 4. The predicted molar refractivity (Wildman–Crippen MR) is 105 cm³/mol. The number of anilines is 1. The summed E-state index contributed by atoms with van der Waals surface area (Å²) in [5.41, 5.74) is 5.34. The predicted octanol–water partition coefficient (Wildman–Crippen LogP) is 4.29. The molecular formula is C20H23N3OS. The number of rotatable bonds is 5. The third-order valence-electron chi connectivity index (χ3n) is 4.10. The summed E-state index contributed by atoms with van der Waals surface area (Å²) in [7, 11) is 1.94. The number of nitrogens with one attached hydrogen (secondary N) is 1. The van der Waals surface area contributed by atoms with Gasteiger partial charge in [-0.1, -0.05) is 29.8 Å². The summed E-state index contributed by atoms with van der Waals surface area (Å²) in [4.78, 5) is 19.0. The fraction of sp³-hybridized carbons (Fsp3) is 0.300. The molecule has 0 bridgehead atoms. The van der Waals surface area contributed by atoms with Gasteiger partial charge >= 0.3 is 0 Å². The highest BCUT2D eigenvalue weighted by atomic mass is 32.1. The van der Waals surface area contributed by atoms with E-state index in [4.69, 9.17) is 0 Å². The average molecular weight is 353 g/mol. The van der Waals surface area contributed by atoms with Gasteiger partial charge in [0.05, 0.1) is 23.3 Å². The van der Waals surface area contributed by atoms with Crippen LogP contribution < -0.4 is 5.32 Å². The Bertz CT molecular complexity index is 860. The second kappa shape index (κ2) is 7.33. The van der Waals surface area contributed by atoms with Gasteiger partial charge in [0, 0.05) is 5.69 Å². The molecule has 0 saturated heterocycles. The molecular weight excluding hydrogens is 330 g/mol. The number of carbonyl (C=O) groups is 1. The summed E-state index contributed by atoms with van der Waals surface area (Å²) in [6.45, 7) is 7.12. The highest BCUT2D eigenvalue weighted by Crippen LogP contribution is 2.23. The molecule has 4 nitrogen and oxygen atoms in total. The summed E-state index contributed by atoms with van der Waals surface area (Å²) < 4.78 is 1.18. The van der Waals surface area contributed by atoms with Crippen molar-refractivity contribution in [3.8, 4) is 0 Å². The van der Waals surface area contributed by atoms with Crippen molar-refractivity contribution in [1.82, 2.24) is 9.88 Å². The van der Waals surface area contributed by atoms with Crippen LogP contribution in [-0.4, -0.2) is 29.4 Å². The fourth-order valence-electron chi connectivity index (χ4n) is 3.08. The van der Waals surface area contributed by atoms with Crippen LogP contribution in [0.3, 0.4) is 0 Å². The van der Waals surface area contributed by atoms with Gasteiger partial charge < -0.3 is 5.32 Å². The fourth-order valence-corrected chi connectivity index (χ4v) is 4.12. The van der Waals surface area contributed by atoms with E-state index in [1.54, 1.807) is 11.3 Å². The van der Waals surface area contributed by atoms with Crippen molar-refractivity contribution in [3.63, 3.8) is 0 Å². The third kappa shape index (κ3) is 4.24. The zero-order chi connectivity index (χ0) is 18.0. The second-order valence-corrected chi connectivity index (χ2v) is 7.68. The van der Waals surface area contributed by atoms with Crippen LogP contribution in [-0.2, 0) is 11.3 Å². The lowest BCUT2D eigenvalue weighted by Crippen LogP contribution is -2.30. The van der Waals surface area contributed by atoms with Gasteiger partial charge in [0.2, 0.25) is 5.91 Å². The minimum Gasteiger partial charge on any atom is -0.324 e. The molecule has 3 rings (SSSR count). The van der Waals surface area contributed by atoms with Gasteiger partial charge in [-0.05, 0) is 51.1 Å². The summed E-state index contributed by atoms with van der Waals surface area (Å²) in [6.07, 6.45) is 0. The van der Waals surface area contributed by atoms with E-state index in [9.17, 15) is 4.79 Å². The van der Waals surface area contributed by atoms with Gasteiger partial charge in [0.15, 0.2) is 0 Å². The molecule has 5 heteroatoms. The Hall–Kier alpha value is -2.24. The van der Waals surface area contributed by atoms with Crippen molar-refractivity contribution in [2.75, 3.05) is 18.9 Å². The molecule has 1 aromatic heterocycles. The Morgan fingerprint density at radius 1 is 1.16 bits per heavy atom. The SMILES string of the molecule is Cc1cc(C)c(NC(=O)CN(C)Cc2nc3ccccc3s2)c(C)c1. The number of carbonyl (C=O) groups excluding carboxylic acids is 1. The molecule has 0 fully saturated rings. The van der Waals surface area contributed by atoms with Gasteiger partial charge in [0.1, 0.15) is 5.01 Å². The van der Waals surface area contributed by atoms with Crippen molar-refractivity contribution in [2.45, 2.75) is 27.3 Å². The molecule has 0 saturated carbocycles. The lowest BCUT2D eigenvalue weighted by Gasteiger charge is -2.17. The normalized spacial score (nSPS) is 11.2. The Morgan fingerprint density at radius 2 is 1.84 bits per heavy atom. The number of aryl methyl sites for hydroxylation is 3. The second-order valence-electron chi connectivity index (χ2n) is 6.57. The maximum atomic E-state index is 12.4. The molecule has 2 aromatic carbocycles. The lowest BCUT2D eigenvalue weighted by molar-refractivity contribution is -0.117. The first kappa shape index (κ1) is 17.6. The van der Waals surface area contributed by atoms with Gasteiger partial charge in [-0.15, -0.1) is 11.3 Å². The van der Waals surface area contributed by atoms with Crippen LogP contribution in [0.15, 0.2) is 36.4 Å². The van der Waals surface area contributed by atoms with Crippen LogP contribution in [0, 0.1) is 20.8 Å². The van der Waals surface area contributed by atoms with E-state index >= 15 is 0 Å². The van der Waals surface area contributed by atoms with Gasteiger partial charge in [-0.3, -0.25) is 9.69 Å². The van der Waals surface area contributed by atoms with Crippen molar-refractivity contribution in [2.24, 2.45) is 0 Å². The molecule has 0 atom stereocenters. The Balaban J connectivity index is 1.62. The van der Waals surface area contributed by atoms with Crippen LogP contribution in [0.5, 0.6) is 0 Å². The summed E-state index contributed by atoms with van der Waals surface area (Å²) >= 11 is 1.68. The molecule has 1 N–H and O–H groups in total. The number of aromatic nitrogens is 1. The first-order valence-corrected chi connectivity index (χ1v) is 9.14. The number of amides is 1. The largest absolute Gasteiger partial charge is 0.324 e. The van der Waals surface area contributed by atoms with Crippen LogP contribution in [0.4, 0.5) is 5.69 Å². The first-order valence-electron chi connectivity index (χ1n) is 8.33. The number of nitrogens with zero attached hydrogens (tertiary/aromatic N) is 2. The number of hydrogen-bond donors (Lipinski definition) is 1. The molecule has 130 valence electrons. The number of para-hydroxylation sites is 1. The standard InChI is InChI=1S/C20H23N3OS/c1-13-9-14(2)20(15(3)10-13)22-18(24)11-23(4)12-19-21-16-7-5-6-8-17(16)25-19/h5-10H,11-12H2,1-4H3,(H,22,24). The molecule has 1 heterocycles. The Kier molecular flexibility index (Phi) is 5.16. The zero-order valence-corrected chi connectivity index (χ0v) is 15.9. The maximum absolute atomic E-state index is 12.4. The Labute approximate surface area is 152 Å². The maximum Gasteiger partial charge on any atom is 0.238 e. The molecule has 1 amide bonds. The van der Waals surface area contributed by atoms with E-state index in [-0.39, 0.29) is 5.91 Å². The van der Waals surface area contributed by atoms with Crippen molar-refractivity contribution >= 4 is 33.1 Å². The topological polar surface area (TPSA) is 45.2 Å². The number of fused-ring (bicyclic) bond motifs is 1. The molecule has 0 radical (unpaired) electrons. The summed E-state index contributed by atoms with van der Waals surface area (Å²) in [5.74, 6) is -0.00124. The van der Waals surface area contributed by atoms with Gasteiger partial charge in [0.25, 0.3) is 0 Å². The summed E-state index contributed by atoms with van der Waals surface area (Å²) in [5, 5.41) is 4.08. The van der Waals surface area contributed by atoms with E-state index in [1.165, 1.54) is 10.3 Å². The third-order valence-corrected chi connectivity index (χ3v) is 5.12. The Morgan fingerprint density at radius 3 is 2.52 bits per heavy atom. The van der Waals surface area contributed by atoms with E-state index in [1.807, 2.05) is 44.0 Å². The minimum atomic E-state index is -0.00124. The van der Waals surface area contributed by atoms with Crippen LogP contribution in [0.2, 0.25) is 0 Å². The molecule has 0 aliphatic heterocycles.